The van der Waals surface area contributed by atoms with Gasteiger partial charge in [0.15, 0.2) is 0 Å². The average Bonchev–Trinajstić information content (AvgIpc) is 3.31. The molecule has 0 unspecified atom stereocenters. The van der Waals surface area contributed by atoms with E-state index in [1.54, 1.807) is 6.07 Å². The summed E-state index contributed by atoms with van der Waals surface area (Å²) in [5, 5.41) is 4.90. The molecule has 0 radical (unpaired) electrons. The number of amides is 1. The van der Waals surface area contributed by atoms with E-state index in [2.05, 4.69) is 5.32 Å². The summed E-state index contributed by atoms with van der Waals surface area (Å²) in [6.07, 6.45) is 4.21. The molecule has 1 aromatic rings. The lowest BCUT2D eigenvalue weighted by Gasteiger charge is -2.32. The third-order valence-electron chi connectivity index (χ3n) is 4.33. The molecule has 1 aliphatic carbocycles. The van der Waals surface area contributed by atoms with Crippen LogP contribution >= 0.6 is 23.2 Å². The molecule has 3 nitrogen and oxygen atoms in total. The third kappa shape index (κ3) is 3.91. The number of hydrogen-bond acceptors (Lipinski definition) is 2. The van der Waals surface area contributed by atoms with Crippen molar-refractivity contribution in [3.63, 3.8) is 0 Å². The van der Waals surface area contributed by atoms with Crippen molar-refractivity contribution in [2.45, 2.75) is 38.3 Å². The molecular formula is C16H20Cl2N2O. The number of nitrogens with zero attached hydrogens (tertiary/aromatic N) is 1. The van der Waals surface area contributed by atoms with Gasteiger partial charge < -0.3 is 10.2 Å². The lowest BCUT2D eigenvalue weighted by Crippen LogP contribution is -2.45. The summed E-state index contributed by atoms with van der Waals surface area (Å²) in [5.41, 5.74) is 1.07. The van der Waals surface area contributed by atoms with Gasteiger partial charge >= 0.3 is 0 Å². The molecule has 0 bridgehead atoms. The molecule has 5 heteroatoms. The van der Waals surface area contributed by atoms with Gasteiger partial charge in [-0.1, -0.05) is 29.3 Å². The summed E-state index contributed by atoms with van der Waals surface area (Å²) in [6, 6.07) is 6.06. The molecular weight excluding hydrogens is 307 g/mol. The van der Waals surface area contributed by atoms with Crippen molar-refractivity contribution in [2.24, 2.45) is 5.92 Å². The molecule has 2 fully saturated rings. The zero-order valence-corrected chi connectivity index (χ0v) is 13.5. The van der Waals surface area contributed by atoms with Crippen molar-refractivity contribution in [1.82, 2.24) is 10.2 Å². The first kappa shape index (κ1) is 15.1. The van der Waals surface area contributed by atoms with E-state index in [1.807, 2.05) is 17.0 Å². The van der Waals surface area contributed by atoms with Crippen molar-refractivity contribution in [2.75, 3.05) is 13.1 Å². The van der Waals surface area contributed by atoms with Crippen LogP contribution in [0.15, 0.2) is 18.2 Å². The third-order valence-corrected chi connectivity index (χ3v) is 4.92. The van der Waals surface area contributed by atoms with Gasteiger partial charge in [-0.3, -0.25) is 4.79 Å². The molecule has 1 saturated carbocycles. The van der Waals surface area contributed by atoms with Gasteiger partial charge in [0.2, 0.25) is 5.91 Å². The van der Waals surface area contributed by atoms with Gasteiger partial charge in [0.25, 0.3) is 0 Å². The summed E-state index contributed by atoms with van der Waals surface area (Å²) in [7, 11) is 0. The van der Waals surface area contributed by atoms with E-state index in [4.69, 9.17) is 23.2 Å². The maximum Gasteiger partial charge on any atom is 0.225 e. The summed E-state index contributed by atoms with van der Waals surface area (Å²) in [4.78, 5) is 14.0. The topological polar surface area (TPSA) is 32.3 Å². The molecule has 1 heterocycles. The van der Waals surface area contributed by atoms with Crippen LogP contribution in [0.4, 0.5) is 0 Å². The first-order chi connectivity index (χ1) is 10.1. The first-order valence-corrected chi connectivity index (χ1v) is 8.35. The van der Waals surface area contributed by atoms with E-state index in [-0.39, 0.29) is 0 Å². The van der Waals surface area contributed by atoms with Gasteiger partial charge in [-0.05, 0) is 43.4 Å². The second-order valence-electron chi connectivity index (χ2n) is 5.99. The van der Waals surface area contributed by atoms with E-state index in [1.165, 1.54) is 0 Å². The lowest BCUT2D eigenvalue weighted by atomic mass is 10.0. The molecule has 0 spiro atoms. The Bertz CT molecular complexity index is 523. The van der Waals surface area contributed by atoms with Crippen molar-refractivity contribution >= 4 is 29.1 Å². The molecule has 114 valence electrons. The molecule has 3 rings (SSSR count). The molecule has 0 atom stereocenters. The summed E-state index contributed by atoms with van der Waals surface area (Å²) in [6.45, 7) is 2.50. The zero-order valence-electron chi connectivity index (χ0n) is 11.9. The number of hydrogen-bond donors (Lipinski definition) is 1. The number of halogens is 2. The van der Waals surface area contributed by atoms with Crippen LogP contribution in [0.25, 0.3) is 0 Å². The number of nitrogens with one attached hydrogen (secondary N) is 1. The van der Waals surface area contributed by atoms with Gasteiger partial charge in [0.05, 0.1) is 0 Å². The Balaban J connectivity index is 1.45. The van der Waals surface area contributed by atoms with Crippen molar-refractivity contribution in [1.29, 1.82) is 0 Å². The summed E-state index contributed by atoms with van der Waals surface area (Å²) in [5.74, 6) is 0.705. The number of likely N-dealkylation sites (tertiary alicyclic amines) is 1. The number of rotatable bonds is 4. The Labute approximate surface area is 135 Å². The highest BCUT2D eigenvalue weighted by atomic mass is 35.5. The normalized spacial score (nSPS) is 19.8. The van der Waals surface area contributed by atoms with E-state index in [0.29, 0.717) is 27.9 Å². The van der Waals surface area contributed by atoms with Crippen molar-refractivity contribution in [3.8, 4) is 0 Å². The SMILES string of the molecule is O=C(C1CC1)N1CCC(NCc2ccc(Cl)cc2Cl)CC1. The second-order valence-corrected chi connectivity index (χ2v) is 6.83. The van der Waals surface area contributed by atoms with Crippen LogP contribution in [0.3, 0.4) is 0 Å². The Morgan fingerprint density at radius 2 is 1.90 bits per heavy atom. The van der Waals surface area contributed by atoms with E-state index >= 15 is 0 Å². The molecule has 0 aromatic heterocycles. The second kappa shape index (κ2) is 6.55. The lowest BCUT2D eigenvalue weighted by molar-refractivity contribution is -0.133. The monoisotopic (exact) mass is 326 g/mol. The predicted molar refractivity (Wildman–Crippen MR) is 85.6 cm³/mol. The average molecular weight is 327 g/mol. The Morgan fingerprint density at radius 3 is 2.52 bits per heavy atom. The van der Waals surface area contributed by atoms with Crippen LogP contribution in [-0.4, -0.2) is 29.9 Å². The molecule has 2 aliphatic rings. The maximum atomic E-state index is 12.0. The van der Waals surface area contributed by atoms with Gasteiger partial charge in [-0.15, -0.1) is 0 Å². The van der Waals surface area contributed by atoms with E-state index in [0.717, 1.165) is 50.9 Å². The largest absolute Gasteiger partial charge is 0.342 e. The molecule has 21 heavy (non-hydrogen) atoms. The fraction of sp³-hybridized carbons (Fsp3) is 0.562. The molecule has 1 aliphatic heterocycles. The quantitative estimate of drug-likeness (QED) is 0.918. The maximum absolute atomic E-state index is 12.0. The first-order valence-electron chi connectivity index (χ1n) is 7.59. The Morgan fingerprint density at radius 1 is 1.19 bits per heavy atom. The standard InChI is InChI=1S/C16H20Cl2N2O/c17-13-4-3-12(15(18)9-13)10-19-14-5-7-20(8-6-14)16(21)11-1-2-11/h3-4,9,11,14,19H,1-2,5-8,10H2. The molecule has 1 saturated heterocycles. The van der Waals surface area contributed by atoms with Crippen molar-refractivity contribution < 1.29 is 4.79 Å². The van der Waals surface area contributed by atoms with Crippen LogP contribution in [-0.2, 0) is 11.3 Å². The van der Waals surface area contributed by atoms with Gasteiger partial charge in [-0.2, -0.15) is 0 Å². The van der Waals surface area contributed by atoms with E-state index in [9.17, 15) is 4.79 Å². The van der Waals surface area contributed by atoms with Crippen molar-refractivity contribution in [3.05, 3.63) is 33.8 Å². The highest BCUT2D eigenvalue weighted by Gasteiger charge is 2.34. The minimum Gasteiger partial charge on any atom is -0.342 e. The fourth-order valence-corrected chi connectivity index (χ4v) is 3.29. The minimum absolute atomic E-state index is 0.336. The van der Waals surface area contributed by atoms with E-state index < -0.39 is 0 Å². The Hall–Kier alpha value is -0.770. The number of carbonyl (C=O) groups is 1. The molecule has 1 N–H and O–H groups in total. The van der Waals surface area contributed by atoms with Gasteiger partial charge in [0, 0.05) is 41.6 Å². The van der Waals surface area contributed by atoms with Gasteiger partial charge in [0.1, 0.15) is 0 Å². The number of benzene rings is 1. The predicted octanol–water partition coefficient (Wildman–Crippen LogP) is 3.48. The highest BCUT2D eigenvalue weighted by molar-refractivity contribution is 6.35. The smallest absolute Gasteiger partial charge is 0.225 e. The number of carbonyl (C=O) groups excluding carboxylic acids is 1. The van der Waals surface area contributed by atoms with Crippen LogP contribution in [0.1, 0.15) is 31.2 Å². The minimum atomic E-state index is 0.336. The van der Waals surface area contributed by atoms with Gasteiger partial charge in [-0.25, -0.2) is 0 Å². The number of piperidine rings is 1. The Kier molecular flexibility index (Phi) is 4.72. The molecule has 1 aromatic carbocycles. The summed E-state index contributed by atoms with van der Waals surface area (Å²) < 4.78 is 0. The zero-order chi connectivity index (χ0) is 14.8. The fourth-order valence-electron chi connectivity index (χ4n) is 2.81. The van der Waals surface area contributed by atoms with Crippen LogP contribution in [0, 0.1) is 5.92 Å². The molecule has 1 amide bonds. The van der Waals surface area contributed by atoms with Crippen LogP contribution < -0.4 is 5.32 Å². The highest BCUT2D eigenvalue weighted by Crippen LogP contribution is 2.32. The van der Waals surface area contributed by atoms with Crippen LogP contribution in [0.2, 0.25) is 10.0 Å². The summed E-state index contributed by atoms with van der Waals surface area (Å²) >= 11 is 12.1. The van der Waals surface area contributed by atoms with Crippen LogP contribution in [0.5, 0.6) is 0 Å².